The summed E-state index contributed by atoms with van der Waals surface area (Å²) in [5.74, 6) is 0.915. The number of aryl methyl sites for hydroxylation is 1. The number of nitrogens with one attached hydrogen (secondary N) is 2. The molecule has 1 aliphatic heterocycles. The van der Waals surface area contributed by atoms with E-state index in [4.69, 9.17) is 14.2 Å². The second kappa shape index (κ2) is 9.45. The van der Waals surface area contributed by atoms with E-state index in [1.54, 1.807) is 28.1 Å². The summed E-state index contributed by atoms with van der Waals surface area (Å²) in [5.41, 5.74) is 3.12. The molecule has 0 aliphatic carbocycles. The minimum Gasteiger partial charge on any atom is -0.493 e. The maximum Gasteiger partial charge on any atom is 0.337 e. The van der Waals surface area contributed by atoms with Gasteiger partial charge in [-0.1, -0.05) is 0 Å². The van der Waals surface area contributed by atoms with Crippen LogP contribution in [0.1, 0.15) is 25.0 Å². The van der Waals surface area contributed by atoms with Crippen molar-refractivity contribution in [2.24, 2.45) is 0 Å². The highest BCUT2D eigenvalue weighted by molar-refractivity contribution is 5.94. The minimum absolute atomic E-state index is 0.275. The summed E-state index contributed by atoms with van der Waals surface area (Å²) < 4.78 is 15.9. The number of ether oxygens (including phenoxy) is 3. The molecule has 8 heteroatoms. The molecule has 1 unspecified atom stereocenters. The lowest BCUT2D eigenvalue weighted by Crippen LogP contribution is -2.51. The largest absolute Gasteiger partial charge is 0.493 e. The third kappa shape index (κ3) is 4.95. The molecule has 1 aromatic rings. The number of hydrogen-bond donors (Lipinski definition) is 2. The van der Waals surface area contributed by atoms with Crippen LogP contribution in [0.4, 0.5) is 4.79 Å². The molecule has 2 rings (SSSR count). The summed E-state index contributed by atoms with van der Waals surface area (Å²) in [5, 5.41) is 5.45. The summed E-state index contributed by atoms with van der Waals surface area (Å²) in [6.45, 7) is 6.79. The number of likely N-dealkylation sites (N-methyl/N-ethyl adjacent to an activating group) is 1. The van der Waals surface area contributed by atoms with E-state index in [2.05, 4.69) is 10.6 Å². The number of methoxy groups -OCH3 is 2. The van der Waals surface area contributed by atoms with Crippen molar-refractivity contribution in [1.29, 1.82) is 0 Å². The Hall–Kier alpha value is -2.74. The Morgan fingerprint density at radius 3 is 2.43 bits per heavy atom. The molecule has 0 radical (unpaired) electrons. The minimum atomic E-state index is -0.423. The Labute approximate surface area is 165 Å². The zero-order chi connectivity index (χ0) is 20.8. The van der Waals surface area contributed by atoms with Gasteiger partial charge in [0, 0.05) is 18.8 Å². The maximum absolute atomic E-state index is 12.4. The molecule has 1 aliphatic rings. The first-order chi connectivity index (χ1) is 13.3. The maximum atomic E-state index is 12.4. The zero-order valence-corrected chi connectivity index (χ0v) is 17.3. The van der Waals surface area contributed by atoms with E-state index >= 15 is 0 Å². The number of benzene rings is 1. The van der Waals surface area contributed by atoms with E-state index in [-0.39, 0.29) is 12.6 Å². The molecule has 0 saturated heterocycles. The van der Waals surface area contributed by atoms with E-state index in [0.29, 0.717) is 35.9 Å². The molecule has 0 saturated carbocycles. The van der Waals surface area contributed by atoms with E-state index in [9.17, 15) is 9.59 Å². The molecule has 1 aromatic carbocycles. The Balaban J connectivity index is 2.24. The summed E-state index contributed by atoms with van der Waals surface area (Å²) >= 11 is 0. The number of amides is 2. The van der Waals surface area contributed by atoms with Crippen molar-refractivity contribution in [1.82, 2.24) is 15.5 Å². The fraction of sp³-hybridized carbons (Fsp3) is 0.500. The van der Waals surface area contributed by atoms with Crippen LogP contribution in [0.2, 0.25) is 0 Å². The van der Waals surface area contributed by atoms with E-state index in [1.165, 1.54) is 0 Å². The first-order valence-electron chi connectivity index (χ1n) is 9.18. The van der Waals surface area contributed by atoms with Crippen molar-refractivity contribution in [2.45, 2.75) is 33.4 Å². The number of carbonyl (C=O) groups is 2. The van der Waals surface area contributed by atoms with E-state index < -0.39 is 12.0 Å². The van der Waals surface area contributed by atoms with Crippen molar-refractivity contribution in [2.75, 3.05) is 34.4 Å². The molecule has 0 bridgehead atoms. The number of nitrogens with zero attached hydrogens (tertiary/aromatic N) is 1. The molecule has 154 valence electrons. The Kier molecular flexibility index (Phi) is 7.28. The molecular formula is C20H29N3O5. The molecule has 1 atom stereocenters. The normalized spacial score (nSPS) is 16.5. The smallest absolute Gasteiger partial charge is 0.337 e. The summed E-state index contributed by atoms with van der Waals surface area (Å²) in [4.78, 5) is 26.3. The van der Waals surface area contributed by atoms with Crippen molar-refractivity contribution in [3.8, 4) is 11.5 Å². The van der Waals surface area contributed by atoms with Crippen LogP contribution in [0, 0.1) is 6.92 Å². The number of rotatable bonds is 8. The number of esters is 1. The van der Waals surface area contributed by atoms with Gasteiger partial charge in [0.2, 0.25) is 0 Å². The van der Waals surface area contributed by atoms with Crippen LogP contribution >= 0.6 is 0 Å². The second-order valence-electron chi connectivity index (χ2n) is 6.74. The van der Waals surface area contributed by atoms with Gasteiger partial charge in [-0.2, -0.15) is 0 Å². The van der Waals surface area contributed by atoms with Gasteiger partial charge in [-0.15, -0.1) is 0 Å². The van der Waals surface area contributed by atoms with Crippen LogP contribution in [0.3, 0.4) is 0 Å². The Morgan fingerprint density at radius 2 is 1.82 bits per heavy atom. The lowest BCUT2D eigenvalue weighted by Gasteiger charge is -2.29. The monoisotopic (exact) mass is 391 g/mol. The second-order valence-corrected chi connectivity index (χ2v) is 6.74. The van der Waals surface area contributed by atoms with Crippen molar-refractivity contribution in [3.63, 3.8) is 0 Å². The molecular weight excluding hydrogens is 362 g/mol. The van der Waals surface area contributed by atoms with Crippen molar-refractivity contribution in [3.05, 3.63) is 34.5 Å². The van der Waals surface area contributed by atoms with E-state index in [1.807, 2.05) is 31.0 Å². The van der Waals surface area contributed by atoms with Gasteiger partial charge >= 0.3 is 12.0 Å². The van der Waals surface area contributed by atoms with Crippen molar-refractivity contribution >= 4 is 12.0 Å². The van der Waals surface area contributed by atoms with Gasteiger partial charge in [-0.3, -0.25) is 4.90 Å². The SMILES string of the molecule is CCOC(=O)C1=C(CN(C)Cc2cc(OC)c(OC)cc2C)NC(=O)NC1C. The molecule has 0 aromatic heterocycles. The summed E-state index contributed by atoms with van der Waals surface area (Å²) in [6.07, 6.45) is 0. The van der Waals surface area contributed by atoms with Crippen LogP contribution in [-0.2, 0) is 16.1 Å². The van der Waals surface area contributed by atoms with Crippen LogP contribution in [0.5, 0.6) is 11.5 Å². The number of urea groups is 1. The van der Waals surface area contributed by atoms with Crippen LogP contribution < -0.4 is 20.1 Å². The molecule has 0 spiro atoms. The topological polar surface area (TPSA) is 89.1 Å². The van der Waals surface area contributed by atoms with Gasteiger partial charge in [0.25, 0.3) is 0 Å². The summed E-state index contributed by atoms with van der Waals surface area (Å²) in [7, 11) is 5.13. The highest BCUT2D eigenvalue weighted by Crippen LogP contribution is 2.30. The molecule has 28 heavy (non-hydrogen) atoms. The van der Waals surface area contributed by atoms with Gasteiger partial charge in [-0.05, 0) is 51.1 Å². The van der Waals surface area contributed by atoms with Gasteiger partial charge in [0.05, 0.1) is 32.4 Å². The van der Waals surface area contributed by atoms with Crippen LogP contribution in [-0.4, -0.2) is 57.4 Å². The quantitative estimate of drug-likeness (QED) is 0.659. The Bertz CT molecular complexity index is 775. The third-order valence-corrected chi connectivity index (χ3v) is 4.58. The average molecular weight is 391 g/mol. The number of hydrogen-bond acceptors (Lipinski definition) is 6. The standard InChI is InChI=1S/C20H29N3O5/c1-7-28-19(24)18-13(3)21-20(25)22-15(18)11-23(4)10-14-9-17(27-6)16(26-5)8-12(14)2/h8-9,13H,7,10-11H2,1-6H3,(H2,21,22,25). The molecule has 1 heterocycles. The highest BCUT2D eigenvalue weighted by atomic mass is 16.5. The molecule has 2 N–H and O–H groups in total. The first-order valence-corrected chi connectivity index (χ1v) is 9.18. The fourth-order valence-electron chi connectivity index (χ4n) is 3.21. The Morgan fingerprint density at radius 1 is 1.18 bits per heavy atom. The predicted molar refractivity (Wildman–Crippen MR) is 105 cm³/mol. The van der Waals surface area contributed by atoms with E-state index in [0.717, 1.165) is 11.1 Å². The third-order valence-electron chi connectivity index (χ3n) is 4.58. The van der Waals surface area contributed by atoms with Crippen LogP contribution in [0.25, 0.3) is 0 Å². The number of carbonyl (C=O) groups excluding carboxylic acids is 2. The molecule has 8 nitrogen and oxygen atoms in total. The molecule has 0 fully saturated rings. The average Bonchev–Trinajstić information content (AvgIpc) is 2.62. The van der Waals surface area contributed by atoms with Gasteiger partial charge in [0.1, 0.15) is 0 Å². The van der Waals surface area contributed by atoms with Crippen LogP contribution in [0.15, 0.2) is 23.4 Å². The fourth-order valence-corrected chi connectivity index (χ4v) is 3.21. The zero-order valence-electron chi connectivity index (χ0n) is 17.3. The lowest BCUT2D eigenvalue weighted by molar-refractivity contribution is -0.139. The summed E-state index contributed by atoms with van der Waals surface area (Å²) in [6, 6.07) is 3.12. The van der Waals surface area contributed by atoms with Gasteiger partial charge in [0.15, 0.2) is 11.5 Å². The highest BCUT2D eigenvalue weighted by Gasteiger charge is 2.30. The van der Waals surface area contributed by atoms with Gasteiger partial charge < -0.3 is 24.8 Å². The first kappa shape index (κ1) is 21.6. The van der Waals surface area contributed by atoms with Gasteiger partial charge in [-0.25, -0.2) is 9.59 Å². The lowest BCUT2D eigenvalue weighted by atomic mass is 10.0. The molecule has 2 amide bonds. The van der Waals surface area contributed by atoms with Crippen molar-refractivity contribution < 1.29 is 23.8 Å². The predicted octanol–water partition coefficient (Wildman–Crippen LogP) is 1.96.